The Hall–Kier alpha value is -0.870. The molecule has 13 heavy (non-hydrogen) atoms. The van der Waals surface area contributed by atoms with E-state index < -0.39 is 5.60 Å². The van der Waals surface area contributed by atoms with E-state index in [2.05, 4.69) is 11.9 Å². The Morgan fingerprint density at radius 1 is 1.69 bits per heavy atom. The molecular weight excluding hydrogens is 166 g/mol. The third kappa shape index (κ3) is 1.73. The summed E-state index contributed by atoms with van der Waals surface area (Å²) in [6.07, 6.45) is 3.60. The smallest absolute Gasteiger partial charge is 0.118 e. The van der Waals surface area contributed by atoms with Crippen molar-refractivity contribution >= 4 is 0 Å². The summed E-state index contributed by atoms with van der Waals surface area (Å²) in [6.45, 7) is 5.37. The summed E-state index contributed by atoms with van der Waals surface area (Å²) >= 11 is 0. The molecule has 0 radical (unpaired) electrons. The van der Waals surface area contributed by atoms with Crippen LogP contribution in [0.3, 0.4) is 0 Å². The minimum absolute atomic E-state index is 0.424. The van der Waals surface area contributed by atoms with Crippen molar-refractivity contribution in [2.24, 2.45) is 5.73 Å². The lowest BCUT2D eigenvalue weighted by Crippen LogP contribution is -2.35. The van der Waals surface area contributed by atoms with Crippen LogP contribution in [-0.4, -0.2) is 23.2 Å². The van der Waals surface area contributed by atoms with Gasteiger partial charge in [-0.2, -0.15) is 0 Å². The fourth-order valence-corrected chi connectivity index (χ4v) is 1.31. The lowest BCUT2D eigenvalue weighted by molar-refractivity contribution is 0.00355. The number of aromatic nitrogens is 2. The predicted octanol–water partition coefficient (Wildman–Crippen LogP) is 0.723. The van der Waals surface area contributed by atoms with Gasteiger partial charge in [0, 0.05) is 20.2 Å². The van der Waals surface area contributed by atoms with Gasteiger partial charge in [0.2, 0.25) is 0 Å². The lowest BCUT2D eigenvalue weighted by atomic mass is 10.0. The predicted molar refractivity (Wildman–Crippen MR) is 51.3 cm³/mol. The Morgan fingerprint density at radius 3 is 2.85 bits per heavy atom. The van der Waals surface area contributed by atoms with Crippen LogP contribution < -0.4 is 5.73 Å². The molecular formula is C9H17N3O. The number of imidazole rings is 1. The molecule has 4 nitrogen and oxygen atoms in total. The molecule has 1 aromatic heterocycles. The maximum atomic E-state index is 5.67. The van der Waals surface area contributed by atoms with Crippen molar-refractivity contribution < 1.29 is 4.74 Å². The highest BCUT2D eigenvalue weighted by Gasteiger charge is 2.27. The van der Waals surface area contributed by atoms with Crippen molar-refractivity contribution in [3.63, 3.8) is 0 Å². The van der Waals surface area contributed by atoms with Gasteiger partial charge >= 0.3 is 0 Å². The quantitative estimate of drug-likeness (QED) is 0.748. The number of rotatable bonds is 4. The van der Waals surface area contributed by atoms with Gasteiger partial charge in [-0.05, 0) is 13.8 Å². The Kier molecular flexibility index (Phi) is 3.06. The van der Waals surface area contributed by atoms with E-state index in [1.165, 1.54) is 0 Å². The van der Waals surface area contributed by atoms with Gasteiger partial charge in [-0.25, -0.2) is 4.98 Å². The minimum Gasteiger partial charge on any atom is -0.371 e. The third-order valence-corrected chi connectivity index (χ3v) is 2.43. The van der Waals surface area contributed by atoms with Crippen LogP contribution in [0, 0.1) is 0 Å². The van der Waals surface area contributed by atoms with Crippen LogP contribution in [0.1, 0.15) is 19.5 Å². The van der Waals surface area contributed by atoms with Gasteiger partial charge in [0.15, 0.2) is 0 Å². The number of hydrogen-bond donors (Lipinski definition) is 1. The first-order valence-corrected chi connectivity index (χ1v) is 4.43. The van der Waals surface area contributed by atoms with E-state index in [0.717, 1.165) is 12.2 Å². The largest absolute Gasteiger partial charge is 0.371 e. The second kappa shape index (κ2) is 3.89. The van der Waals surface area contributed by atoms with E-state index in [9.17, 15) is 0 Å². The average molecular weight is 183 g/mol. The summed E-state index contributed by atoms with van der Waals surface area (Å²) in [6, 6.07) is 0. The first-order valence-electron chi connectivity index (χ1n) is 4.43. The third-order valence-electron chi connectivity index (χ3n) is 2.43. The van der Waals surface area contributed by atoms with Crippen LogP contribution in [0.4, 0.5) is 0 Å². The first-order chi connectivity index (χ1) is 6.18. The van der Waals surface area contributed by atoms with Crippen molar-refractivity contribution in [2.75, 3.05) is 13.7 Å². The molecule has 4 heteroatoms. The SMILES string of the molecule is CCn1cncc1C(C)(CN)OC. The molecule has 1 aromatic rings. The number of hydrogen-bond acceptors (Lipinski definition) is 3. The van der Waals surface area contributed by atoms with E-state index in [1.807, 2.05) is 11.5 Å². The van der Waals surface area contributed by atoms with E-state index in [1.54, 1.807) is 19.6 Å². The fraction of sp³-hybridized carbons (Fsp3) is 0.667. The highest BCUT2D eigenvalue weighted by Crippen LogP contribution is 2.22. The molecule has 0 amide bonds. The van der Waals surface area contributed by atoms with Gasteiger partial charge in [-0.1, -0.05) is 0 Å². The molecule has 1 unspecified atom stereocenters. The summed E-state index contributed by atoms with van der Waals surface area (Å²) in [7, 11) is 1.67. The summed E-state index contributed by atoms with van der Waals surface area (Å²) < 4.78 is 7.43. The summed E-state index contributed by atoms with van der Waals surface area (Å²) in [5.41, 5.74) is 6.27. The van der Waals surface area contributed by atoms with E-state index in [0.29, 0.717) is 6.54 Å². The molecule has 0 aromatic carbocycles. The maximum absolute atomic E-state index is 5.67. The summed E-state index contributed by atoms with van der Waals surface area (Å²) in [5, 5.41) is 0. The first kappa shape index (κ1) is 10.2. The van der Waals surface area contributed by atoms with Gasteiger partial charge in [-0.15, -0.1) is 0 Å². The van der Waals surface area contributed by atoms with Crippen LogP contribution in [0.25, 0.3) is 0 Å². The maximum Gasteiger partial charge on any atom is 0.118 e. The van der Waals surface area contributed by atoms with Crippen molar-refractivity contribution in [2.45, 2.75) is 26.0 Å². The van der Waals surface area contributed by atoms with Crippen molar-refractivity contribution in [1.82, 2.24) is 9.55 Å². The second-order valence-electron chi connectivity index (χ2n) is 3.20. The highest BCUT2D eigenvalue weighted by atomic mass is 16.5. The van der Waals surface area contributed by atoms with Gasteiger partial charge in [0.05, 0.1) is 18.2 Å². The fourth-order valence-electron chi connectivity index (χ4n) is 1.31. The normalized spacial score (nSPS) is 15.7. The van der Waals surface area contributed by atoms with Crippen molar-refractivity contribution in [1.29, 1.82) is 0 Å². The summed E-state index contributed by atoms with van der Waals surface area (Å²) in [5.74, 6) is 0. The molecule has 0 spiro atoms. The molecule has 0 saturated carbocycles. The molecule has 74 valence electrons. The van der Waals surface area contributed by atoms with Crippen LogP contribution in [-0.2, 0) is 16.9 Å². The van der Waals surface area contributed by atoms with Crippen LogP contribution >= 0.6 is 0 Å². The van der Waals surface area contributed by atoms with Gasteiger partial charge in [0.1, 0.15) is 5.60 Å². The average Bonchev–Trinajstić information content (AvgIpc) is 2.65. The van der Waals surface area contributed by atoms with Gasteiger partial charge in [0.25, 0.3) is 0 Å². The van der Waals surface area contributed by atoms with E-state index in [4.69, 9.17) is 10.5 Å². The number of methoxy groups -OCH3 is 1. The molecule has 0 fully saturated rings. The van der Waals surface area contributed by atoms with Crippen molar-refractivity contribution in [3.05, 3.63) is 18.2 Å². The number of nitrogens with zero attached hydrogens (tertiary/aromatic N) is 2. The zero-order chi connectivity index (χ0) is 9.90. The number of ether oxygens (including phenoxy) is 1. The van der Waals surface area contributed by atoms with Gasteiger partial charge in [-0.3, -0.25) is 0 Å². The Labute approximate surface area is 78.7 Å². The van der Waals surface area contributed by atoms with Crippen LogP contribution in [0.15, 0.2) is 12.5 Å². The summed E-state index contributed by atoms with van der Waals surface area (Å²) in [4.78, 5) is 4.08. The zero-order valence-electron chi connectivity index (χ0n) is 8.45. The molecule has 0 saturated heterocycles. The molecule has 1 rings (SSSR count). The van der Waals surface area contributed by atoms with E-state index in [-0.39, 0.29) is 0 Å². The number of nitrogens with two attached hydrogens (primary N) is 1. The topological polar surface area (TPSA) is 53.1 Å². The van der Waals surface area contributed by atoms with Crippen LogP contribution in [0.5, 0.6) is 0 Å². The zero-order valence-corrected chi connectivity index (χ0v) is 8.45. The Balaban J connectivity index is 3.03. The molecule has 0 bridgehead atoms. The number of aryl methyl sites for hydroxylation is 1. The van der Waals surface area contributed by atoms with Crippen LogP contribution in [0.2, 0.25) is 0 Å². The lowest BCUT2D eigenvalue weighted by Gasteiger charge is -2.27. The molecule has 0 aliphatic carbocycles. The molecule has 2 N–H and O–H groups in total. The Morgan fingerprint density at radius 2 is 2.38 bits per heavy atom. The highest BCUT2D eigenvalue weighted by molar-refractivity contribution is 5.10. The molecule has 0 aliphatic heterocycles. The monoisotopic (exact) mass is 183 g/mol. The standard InChI is InChI=1S/C9H17N3O/c1-4-12-7-11-5-8(12)9(2,6-10)13-3/h5,7H,4,6,10H2,1-3H3. The van der Waals surface area contributed by atoms with Crippen molar-refractivity contribution in [3.8, 4) is 0 Å². The van der Waals surface area contributed by atoms with Gasteiger partial charge < -0.3 is 15.0 Å². The molecule has 1 heterocycles. The minimum atomic E-state index is -0.424. The second-order valence-corrected chi connectivity index (χ2v) is 3.20. The Bertz CT molecular complexity index is 266. The molecule has 1 atom stereocenters. The van der Waals surface area contributed by atoms with E-state index >= 15 is 0 Å². The molecule has 0 aliphatic rings.